The molecule has 3 N–H and O–H groups in total. The summed E-state index contributed by atoms with van der Waals surface area (Å²) in [6, 6.07) is 2.48. The molecule has 1 heterocycles. The fraction of sp³-hybridized carbons (Fsp3) is 0.167. The molecule has 0 radical (unpaired) electrons. The van der Waals surface area contributed by atoms with Gasteiger partial charge in [0, 0.05) is 11.6 Å². The minimum absolute atomic E-state index is 0.0112. The molecule has 0 saturated heterocycles. The number of ether oxygens (including phenoxy) is 1. The number of aromatic hydroxyl groups is 1. The number of phenols is 1. The maximum absolute atomic E-state index is 11.3. The summed E-state index contributed by atoms with van der Waals surface area (Å²) in [4.78, 5) is 23.9. The Hall–Kier alpha value is -3.50. The highest BCUT2D eigenvalue weighted by atomic mass is 16.6. The number of nitrogens with zero attached hydrogens (tertiary/aromatic N) is 4. The summed E-state index contributed by atoms with van der Waals surface area (Å²) >= 11 is 0. The Kier molecular flexibility index (Phi) is 4.50. The zero-order valence-corrected chi connectivity index (χ0v) is 12.1. The monoisotopic (exact) mass is 320 g/mol. The van der Waals surface area contributed by atoms with Crippen molar-refractivity contribution in [1.29, 1.82) is 0 Å². The first-order chi connectivity index (χ1) is 10.9. The number of aromatic nitrogens is 3. The van der Waals surface area contributed by atoms with Gasteiger partial charge in [-0.25, -0.2) is 5.43 Å². The highest BCUT2D eigenvalue weighted by Crippen LogP contribution is 2.36. The summed E-state index contributed by atoms with van der Waals surface area (Å²) < 4.78 is 4.86. The van der Waals surface area contributed by atoms with Gasteiger partial charge in [0.1, 0.15) is 5.69 Å². The second-order valence-corrected chi connectivity index (χ2v) is 4.31. The van der Waals surface area contributed by atoms with Crippen molar-refractivity contribution >= 4 is 17.9 Å². The lowest BCUT2D eigenvalue weighted by Gasteiger charge is -2.05. The third kappa shape index (κ3) is 3.58. The number of hydrogen-bond acceptors (Lipinski definition) is 9. The lowest BCUT2D eigenvalue weighted by Crippen LogP contribution is -2.15. The van der Waals surface area contributed by atoms with Crippen LogP contribution in [0.4, 0.5) is 11.6 Å². The summed E-state index contributed by atoms with van der Waals surface area (Å²) in [5.74, 6) is -0.627. The fourth-order valence-corrected chi connectivity index (χ4v) is 1.59. The number of H-pyrrole nitrogens is 1. The first kappa shape index (κ1) is 15.9. The Labute approximate surface area is 128 Å². The van der Waals surface area contributed by atoms with Crippen molar-refractivity contribution in [3.05, 3.63) is 43.9 Å². The molecular formula is C12H12N6O5. The molecule has 0 unspecified atom stereocenters. The summed E-state index contributed by atoms with van der Waals surface area (Å²) in [5, 5.41) is 31.6. The van der Waals surface area contributed by atoms with E-state index in [2.05, 4.69) is 25.7 Å². The number of anilines is 1. The van der Waals surface area contributed by atoms with Crippen LogP contribution in [-0.2, 0) is 0 Å². The van der Waals surface area contributed by atoms with E-state index < -0.39 is 21.9 Å². The molecule has 2 rings (SSSR count). The van der Waals surface area contributed by atoms with Crippen LogP contribution in [0.3, 0.4) is 0 Å². The van der Waals surface area contributed by atoms with Gasteiger partial charge in [0.25, 0.3) is 5.56 Å². The summed E-state index contributed by atoms with van der Waals surface area (Å²) in [5.41, 5.74) is 1.99. The summed E-state index contributed by atoms with van der Waals surface area (Å²) in [6.45, 7) is 1.50. The Morgan fingerprint density at radius 3 is 2.83 bits per heavy atom. The van der Waals surface area contributed by atoms with E-state index in [1.165, 1.54) is 26.3 Å². The van der Waals surface area contributed by atoms with Crippen LogP contribution in [0.2, 0.25) is 0 Å². The second kappa shape index (κ2) is 6.51. The molecule has 0 saturated carbocycles. The van der Waals surface area contributed by atoms with Crippen molar-refractivity contribution < 1.29 is 14.8 Å². The topological polar surface area (TPSA) is 156 Å². The number of nitrogens with one attached hydrogen (secondary N) is 2. The van der Waals surface area contributed by atoms with Crippen LogP contribution in [0, 0.1) is 17.0 Å². The van der Waals surface area contributed by atoms with Crippen LogP contribution in [0.1, 0.15) is 11.3 Å². The van der Waals surface area contributed by atoms with Crippen molar-refractivity contribution in [3.8, 4) is 11.5 Å². The number of hydrogen-bond donors (Lipinski definition) is 3. The largest absolute Gasteiger partial charge is 0.500 e. The predicted octanol–water partition coefficient (Wildman–Crippen LogP) is 0.542. The lowest BCUT2D eigenvalue weighted by atomic mass is 10.2. The zero-order valence-electron chi connectivity index (χ0n) is 12.1. The minimum Gasteiger partial charge on any atom is -0.500 e. The van der Waals surface area contributed by atoms with Gasteiger partial charge in [-0.15, -0.1) is 10.2 Å². The van der Waals surface area contributed by atoms with Gasteiger partial charge < -0.3 is 9.84 Å². The maximum atomic E-state index is 11.3. The van der Waals surface area contributed by atoms with Crippen LogP contribution in [0.15, 0.2) is 22.0 Å². The van der Waals surface area contributed by atoms with Crippen LogP contribution in [0.25, 0.3) is 0 Å². The van der Waals surface area contributed by atoms with Gasteiger partial charge in [0.15, 0.2) is 5.75 Å². The molecule has 23 heavy (non-hydrogen) atoms. The number of phenolic OH excluding ortho intramolecular Hbond substituents is 1. The van der Waals surface area contributed by atoms with Gasteiger partial charge >= 0.3 is 5.69 Å². The van der Waals surface area contributed by atoms with Gasteiger partial charge in [-0.3, -0.25) is 19.9 Å². The third-order valence-electron chi connectivity index (χ3n) is 2.74. The van der Waals surface area contributed by atoms with E-state index in [0.29, 0.717) is 5.56 Å². The third-order valence-corrected chi connectivity index (χ3v) is 2.74. The van der Waals surface area contributed by atoms with Gasteiger partial charge in [0.2, 0.25) is 11.7 Å². The molecule has 2 aromatic rings. The average Bonchev–Trinajstić information content (AvgIpc) is 2.51. The zero-order chi connectivity index (χ0) is 17.0. The molecule has 0 amide bonds. The van der Waals surface area contributed by atoms with Crippen molar-refractivity contribution in [2.24, 2.45) is 5.10 Å². The molecule has 0 aliphatic rings. The van der Waals surface area contributed by atoms with Crippen molar-refractivity contribution in [1.82, 2.24) is 15.2 Å². The van der Waals surface area contributed by atoms with Crippen LogP contribution < -0.4 is 15.7 Å². The first-order valence-electron chi connectivity index (χ1n) is 6.20. The number of nitro groups is 1. The SMILES string of the molecule is COc1cc(/C=N/Nc2nnc(C)c(=O)[nH]2)cc([N+](=O)[O-])c1O. The summed E-state index contributed by atoms with van der Waals surface area (Å²) in [6.07, 6.45) is 1.23. The molecule has 0 fully saturated rings. The number of aromatic amines is 1. The molecule has 11 heteroatoms. The van der Waals surface area contributed by atoms with E-state index in [1.54, 1.807) is 0 Å². The molecule has 0 aliphatic carbocycles. The first-order valence-corrected chi connectivity index (χ1v) is 6.20. The Morgan fingerprint density at radius 2 is 2.22 bits per heavy atom. The molecule has 1 aromatic heterocycles. The smallest absolute Gasteiger partial charge is 0.315 e. The number of nitro benzene ring substituents is 1. The van der Waals surface area contributed by atoms with E-state index >= 15 is 0 Å². The lowest BCUT2D eigenvalue weighted by molar-refractivity contribution is -0.386. The molecule has 11 nitrogen and oxygen atoms in total. The van der Waals surface area contributed by atoms with Crippen LogP contribution in [-0.4, -0.2) is 38.5 Å². The highest BCUT2D eigenvalue weighted by Gasteiger charge is 2.19. The molecule has 120 valence electrons. The van der Waals surface area contributed by atoms with E-state index in [-0.39, 0.29) is 17.4 Å². The van der Waals surface area contributed by atoms with Gasteiger partial charge in [0.05, 0.1) is 18.2 Å². The number of methoxy groups -OCH3 is 1. The minimum atomic E-state index is -0.744. The van der Waals surface area contributed by atoms with E-state index in [9.17, 15) is 20.0 Å². The van der Waals surface area contributed by atoms with Crippen molar-refractivity contribution in [2.45, 2.75) is 6.92 Å². The van der Waals surface area contributed by atoms with Gasteiger partial charge in [-0.2, -0.15) is 5.10 Å². The van der Waals surface area contributed by atoms with Gasteiger partial charge in [-0.05, 0) is 13.0 Å². The van der Waals surface area contributed by atoms with E-state index in [0.717, 1.165) is 6.07 Å². The van der Waals surface area contributed by atoms with Crippen LogP contribution in [0.5, 0.6) is 11.5 Å². The van der Waals surface area contributed by atoms with E-state index in [4.69, 9.17) is 4.74 Å². The Balaban J connectivity index is 2.25. The van der Waals surface area contributed by atoms with Crippen molar-refractivity contribution in [2.75, 3.05) is 12.5 Å². The molecular weight excluding hydrogens is 308 g/mol. The quantitative estimate of drug-likeness (QED) is 0.409. The normalized spacial score (nSPS) is 10.7. The fourth-order valence-electron chi connectivity index (χ4n) is 1.59. The maximum Gasteiger partial charge on any atom is 0.315 e. The number of benzene rings is 1. The molecule has 0 aliphatic heterocycles. The van der Waals surface area contributed by atoms with E-state index in [1.807, 2.05) is 0 Å². The van der Waals surface area contributed by atoms with Gasteiger partial charge in [-0.1, -0.05) is 0 Å². The average molecular weight is 320 g/mol. The molecule has 0 bridgehead atoms. The Morgan fingerprint density at radius 1 is 1.48 bits per heavy atom. The molecule has 0 atom stereocenters. The van der Waals surface area contributed by atoms with Crippen LogP contribution >= 0.6 is 0 Å². The predicted molar refractivity (Wildman–Crippen MR) is 79.9 cm³/mol. The number of hydrazone groups is 1. The second-order valence-electron chi connectivity index (χ2n) is 4.31. The number of rotatable bonds is 5. The number of aryl methyl sites for hydroxylation is 1. The molecule has 1 aromatic carbocycles. The molecule has 0 spiro atoms. The standard InChI is InChI=1S/C12H12N6O5/c1-6-11(20)14-12(17-15-6)16-13-5-7-3-8(18(21)22)10(19)9(4-7)23-2/h3-5,19H,1-2H3,(H2,14,16,17,20)/b13-5+. The Bertz CT molecular complexity index is 831. The van der Waals surface area contributed by atoms with Crippen molar-refractivity contribution in [3.63, 3.8) is 0 Å². The summed E-state index contributed by atoms with van der Waals surface area (Å²) in [7, 11) is 1.27. The highest BCUT2D eigenvalue weighted by molar-refractivity contribution is 5.83.